The minimum atomic E-state index is -0.264. The number of aryl methyl sites for hydroxylation is 1. The van der Waals surface area contributed by atoms with Gasteiger partial charge in [-0.25, -0.2) is 4.98 Å². The van der Waals surface area contributed by atoms with Gasteiger partial charge in [0.25, 0.3) is 0 Å². The van der Waals surface area contributed by atoms with Crippen LogP contribution < -0.4 is 21.1 Å². The van der Waals surface area contributed by atoms with Crippen molar-refractivity contribution in [2.45, 2.75) is 105 Å². The lowest BCUT2D eigenvalue weighted by atomic mass is 9.73. The van der Waals surface area contributed by atoms with Gasteiger partial charge in [-0.1, -0.05) is 58.4 Å². The fourth-order valence-electron chi connectivity index (χ4n) is 4.99. The van der Waals surface area contributed by atoms with Gasteiger partial charge in [0.2, 0.25) is 12.3 Å². The summed E-state index contributed by atoms with van der Waals surface area (Å²) in [6.45, 7) is 15.5. The van der Waals surface area contributed by atoms with Crippen LogP contribution in [-0.4, -0.2) is 54.7 Å². The van der Waals surface area contributed by atoms with Crippen molar-refractivity contribution >= 4 is 12.2 Å². The predicted molar refractivity (Wildman–Crippen MR) is 171 cm³/mol. The number of carbonyl (C=O) groups is 1. The molecule has 0 bridgehead atoms. The highest BCUT2D eigenvalue weighted by Crippen LogP contribution is 2.48. The second kappa shape index (κ2) is 17.8. The Morgan fingerprint density at radius 2 is 1.95 bits per heavy atom. The molecular formula is C33H55N5O3. The van der Waals surface area contributed by atoms with Gasteiger partial charge in [0, 0.05) is 43.9 Å². The summed E-state index contributed by atoms with van der Waals surface area (Å²) in [6.07, 6.45) is 8.28. The third kappa shape index (κ3) is 12.2. The smallest absolute Gasteiger partial charge is 0.218 e. The van der Waals surface area contributed by atoms with Gasteiger partial charge < -0.3 is 26.2 Å². The summed E-state index contributed by atoms with van der Waals surface area (Å²) in [6, 6.07) is 10.8. The first-order chi connectivity index (χ1) is 19.5. The maximum atomic E-state index is 9.53. The highest BCUT2D eigenvalue weighted by molar-refractivity contribution is 5.98. The van der Waals surface area contributed by atoms with Crippen molar-refractivity contribution in [3.63, 3.8) is 0 Å². The predicted octanol–water partition coefficient (Wildman–Crippen LogP) is 5.50. The van der Waals surface area contributed by atoms with E-state index >= 15 is 0 Å². The molecule has 2 atom stereocenters. The lowest BCUT2D eigenvalue weighted by molar-refractivity contribution is -0.106. The Hall–Kier alpha value is -2.97. The van der Waals surface area contributed by atoms with E-state index < -0.39 is 0 Å². The standard InChI is InChI=1S/C20H32N2O2.C10H14N2.C2H6.CH3NO/c1-14(23)6-9-21-17-12-20(7-5-8-20)24-18-16(17)10-15(13-22-18)11-19(2,3)4;1-8-5-4-6-9(7-8)10(11-2)12-3;1-2;2-1-3/h10,13-14,17,21,23H,5-9,11-12H2,1-4H3;4-7H,1-3H3,(H,11,12);1-2H3;1H,(H2,2,3). The van der Waals surface area contributed by atoms with Crippen LogP contribution in [0.2, 0.25) is 0 Å². The average Bonchev–Trinajstić information content (AvgIpc) is 2.89. The normalized spacial score (nSPS) is 17.4. The minimum absolute atomic E-state index is 0.00591. The zero-order valence-electron chi connectivity index (χ0n) is 26.9. The number of fused-ring (bicyclic) bond motifs is 1. The summed E-state index contributed by atoms with van der Waals surface area (Å²) in [5, 5.41) is 16.2. The minimum Gasteiger partial charge on any atom is -0.471 e. The number of nitrogens with one attached hydrogen (secondary N) is 2. The summed E-state index contributed by atoms with van der Waals surface area (Å²) in [5.41, 5.74) is 9.27. The van der Waals surface area contributed by atoms with Crippen LogP contribution >= 0.6 is 0 Å². The number of benzene rings is 1. The number of pyridine rings is 1. The zero-order chi connectivity index (χ0) is 31.1. The van der Waals surface area contributed by atoms with Gasteiger partial charge in [-0.05, 0) is 75.6 Å². The first kappa shape index (κ1) is 36.1. The Bertz CT molecular complexity index is 1070. The molecule has 2 heterocycles. The maximum absolute atomic E-state index is 9.53. The first-order valence-corrected chi connectivity index (χ1v) is 14.9. The van der Waals surface area contributed by atoms with Gasteiger partial charge in [-0.3, -0.25) is 9.79 Å². The number of amides is 1. The molecule has 2 aliphatic rings. The molecule has 1 aromatic heterocycles. The van der Waals surface area contributed by atoms with E-state index in [1.165, 1.54) is 23.1 Å². The van der Waals surface area contributed by atoms with Crippen molar-refractivity contribution in [3.8, 4) is 5.88 Å². The van der Waals surface area contributed by atoms with Crippen LogP contribution in [0.5, 0.6) is 5.88 Å². The molecule has 4 rings (SSSR count). The van der Waals surface area contributed by atoms with Gasteiger partial charge in [0.15, 0.2) is 0 Å². The van der Waals surface area contributed by atoms with Crippen molar-refractivity contribution in [1.29, 1.82) is 0 Å². The van der Waals surface area contributed by atoms with Crippen molar-refractivity contribution in [1.82, 2.24) is 15.6 Å². The third-order valence-corrected chi connectivity index (χ3v) is 6.90. The lowest BCUT2D eigenvalue weighted by Gasteiger charge is -2.47. The van der Waals surface area contributed by atoms with Gasteiger partial charge in [0.05, 0.1) is 6.10 Å². The molecule has 0 saturated heterocycles. The van der Waals surface area contributed by atoms with Crippen LogP contribution in [0.3, 0.4) is 0 Å². The number of primary amides is 1. The molecule has 1 aromatic carbocycles. The Morgan fingerprint density at radius 3 is 2.44 bits per heavy atom. The van der Waals surface area contributed by atoms with Crippen molar-refractivity contribution in [2.24, 2.45) is 16.1 Å². The van der Waals surface area contributed by atoms with Crippen LogP contribution in [0.25, 0.3) is 0 Å². The number of ether oxygens (including phenoxy) is 1. The van der Waals surface area contributed by atoms with E-state index in [0.29, 0.717) is 0 Å². The average molecular weight is 570 g/mol. The van der Waals surface area contributed by atoms with E-state index in [2.05, 4.69) is 72.2 Å². The number of aliphatic hydroxyl groups excluding tert-OH is 1. The summed E-state index contributed by atoms with van der Waals surface area (Å²) >= 11 is 0. The van der Waals surface area contributed by atoms with Crippen molar-refractivity contribution in [3.05, 3.63) is 58.8 Å². The number of aromatic nitrogens is 1. The molecule has 41 heavy (non-hydrogen) atoms. The van der Waals surface area contributed by atoms with E-state index in [0.717, 1.165) is 55.9 Å². The molecule has 1 aliphatic heterocycles. The molecule has 2 aromatic rings. The number of hydrogen-bond donors (Lipinski definition) is 4. The molecule has 1 aliphatic carbocycles. The van der Waals surface area contributed by atoms with Crippen LogP contribution in [0.15, 0.2) is 41.5 Å². The Balaban J connectivity index is 0.000000414. The largest absolute Gasteiger partial charge is 0.471 e. The van der Waals surface area contributed by atoms with E-state index in [1.54, 1.807) is 7.05 Å². The molecule has 1 fully saturated rings. The fourth-order valence-corrected chi connectivity index (χ4v) is 4.99. The number of rotatable bonds is 6. The highest BCUT2D eigenvalue weighted by Gasteiger charge is 2.46. The number of amidine groups is 1. The summed E-state index contributed by atoms with van der Waals surface area (Å²) < 4.78 is 6.30. The first-order valence-electron chi connectivity index (χ1n) is 14.9. The molecule has 1 saturated carbocycles. The maximum Gasteiger partial charge on any atom is 0.218 e. The van der Waals surface area contributed by atoms with E-state index in [9.17, 15) is 5.11 Å². The van der Waals surface area contributed by atoms with Gasteiger partial charge in [-0.15, -0.1) is 0 Å². The van der Waals surface area contributed by atoms with Crippen LogP contribution in [0.1, 0.15) is 102 Å². The van der Waals surface area contributed by atoms with Gasteiger partial charge in [-0.2, -0.15) is 0 Å². The molecule has 1 amide bonds. The molecule has 5 N–H and O–H groups in total. The molecule has 230 valence electrons. The SMILES string of the molecule is CC.CC(O)CCNC1CC2(CCC2)Oc2ncc(CC(C)(C)C)cc21.CN=C(NC)c1cccc(C)c1.NC=O. The number of nitrogens with zero attached hydrogens (tertiary/aromatic N) is 2. The summed E-state index contributed by atoms with van der Waals surface area (Å²) in [5.74, 6) is 1.74. The van der Waals surface area contributed by atoms with Crippen LogP contribution in [0, 0.1) is 12.3 Å². The molecule has 8 nitrogen and oxygen atoms in total. The Kier molecular flexibility index (Phi) is 15.6. The molecule has 1 spiro atoms. The Labute approximate surface area is 248 Å². The topological polar surface area (TPSA) is 122 Å². The van der Waals surface area contributed by atoms with Crippen molar-refractivity contribution < 1.29 is 14.6 Å². The quantitative estimate of drug-likeness (QED) is 0.207. The van der Waals surface area contributed by atoms with E-state index in [1.807, 2.05) is 46.1 Å². The molecular weight excluding hydrogens is 514 g/mol. The highest BCUT2D eigenvalue weighted by atomic mass is 16.5. The number of hydrogen-bond acceptors (Lipinski definition) is 6. The molecule has 8 heteroatoms. The van der Waals surface area contributed by atoms with Gasteiger partial charge in [0.1, 0.15) is 11.4 Å². The zero-order valence-corrected chi connectivity index (χ0v) is 26.9. The van der Waals surface area contributed by atoms with Gasteiger partial charge >= 0.3 is 0 Å². The summed E-state index contributed by atoms with van der Waals surface area (Å²) in [7, 11) is 3.67. The monoisotopic (exact) mass is 569 g/mol. The van der Waals surface area contributed by atoms with E-state index in [-0.39, 0.29) is 29.6 Å². The number of aliphatic imine (C=N–C) groups is 1. The number of nitrogens with two attached hydrogens (primary N) is 1. The van der Waals surface area contributed by atoms with Crippen molar-refractivity contribution in [2.75, 3.05) is 20.6 Å². The number of aliphatic hydroxyl groups is 1. The second-order valence-corrected chi connectivity index (χ2v) is 11.8. The molecule has 2 unspecified atom stereocenters. The Morgan fingerprint density at radius 1 is 1.29 bits per heavy atom. The van der Waals surface area contributed by atoms with Crippen LogP contribution in [-0.2, 0) is 11.2 Å². The van der Waals surface area contributed by atoms with E-state index in [4.69, 9.17) is 9.53 Å². The van der Waals surface area contributed by atoms with Crippen LogP contribution in [0.4, 0.5) is 0 Å². The lowest BCUT2D eigenvalue weighted by Crippen LogP contribution is -2.49. The third-order valence-electron chi connectivity index (χ3n) is 6.90. The molecule has 0 radical (unpaired) electrons. The fraction of sp³-hybridized carbons (Fsp3) is 0.606. The second-order valence-electron chi connectivity index (χ2n) is 11.8. The number of carbonyl (C=O) groups excluding carboxylic acids is 1. The summed E-state index contributed by atoms with van der Waals surface area (Å²) in [4.78, 5) is 17.4.